The number of hydrogen-bond acceptors (Lipinski definition) is 2. The van der Waals surface area contributed by atoms with Crippen molar-refractivity contribution in [3.05, 3.63) is 108 Å². The quantitative estimate of drug-likeness (QED) is 0.390. The molecule has 1 saturated heterocycles. The molecule has 0 bridgehead atoms. The van der Waals surface area contributed by atoms with E-state index in [1.54, 1.807) is 0 Å². The first-order valence-electron chi connectivity index (χ1n) is 12.7. The van der Waals surface area contributed by atoms with Crippen molar-refractivity contribution in [1.29, 1.82) is 0 Å². The molecule has 3 aromatic rings. The monoisotopic (exact) mass is 437 g/mol. The largest absolute Gasteiger partial charge is 0.294 e. The van der Waals surface area contributed by atoms with Gasteiger partial charge in [0.05, 0.1) is 0 Å². The zero-order valence-electron chi connectivity index (χ0n) is 19.6. The number of ketones is 1. The average molecular weight is 438 g/mol. The number of Topliss-reactive ketones (excluding diaryl/α,β-unsaturated/α-hetero) is 1. The Labute approximate surface area is 198 Å². The predicted molar refractivity (Wildman–Crippen MR) is 135 cm³/mol. The van der Waals surface area contributed by atoms with Gasteiger partial charge in [-0.05, 0) is 35.8 Å². The molecule has 170 valence electrons. The van der Waals surface area contributed by atoms with E-state index >= 15 is 0 Å². The van der Waals surface area contributed by atoms with Crippen LogP contribution in [-0.2, 0) is 0 Å². The van der Waals surface area contributed by atoms with E-state index in [0.29, 0.717) is 23.8 Å². The van der Waals surface area contributed by atoms with Crippen LogP contribution < -0.4 is 0 Å². The maximum atomic E-state index is 14.0. The lowest BCUT2D eigenvalue weighted by Gasteiger charge is -2.52. The Kier molecular flexibility index (Phi) is 6.73. The van der Waals surface area contributed by atoms with Crippen LogP contribution >= 0.6 is 0 Å². The van der Waals surface area contributed by atoms with Crippen molar-refractivity contribution >= 4 is 5.78 Å². The van der Waals surface area contributed by atoms with Crippen molar-refractivity contribution in [1.82, 2.24) is 4.90 Å². The van der Waals surface area contributed by atoms with Crippen LogP contribution in [0, 0.1) is 11.8 Å². The average Bonchev–Trinajstić information content (AvgIpc) is 2.89. The van der Waals surface area contributed by atoms with Gasteiger partial charge in [0.15, 0.2) is 5.78 Å². The van der Waals surface area contributed by atoms with Crippen molar-refractivity contribution in [3.63, 3.8) is 0 Å². The Bertz CT molecular complexity index is 1030. The molecule has 1 saturated carbocycles. The highest BCUT2D eigenvalue weighted by Crippen LogP contribution is 2.49. The van der Waals surface area contributed by atoms with Crippen LogP contribution in [-0.4, -0.2) is 23.3 Å². The van der Waals surface area contributed by atoms with Crippen LogP contribution in [0.4, 0.5) is 0 Å². The molecule has 33 heavy (non-hydrogen) atoms. The zero-order chi connectivity index (χ0) is 22.6. The number of carbonyl (C=O) groups is 1. The van der Waals surface area contributed by atoms with Gasteiger partial charge in [-0.15, -0.1) is 0 Å². The van der Waals surface area contributed by atoms with Gasteiger partial charge in [-0.2, -0.15) is 0 Å². The topological polar surface area (TPSA) is 20.3 Å². The number of piperidine rings is 1. The summed E-state index contributed by atoms with van der Waals surface area (Å²) in [6.45, 7) is 3.22. The normalized spacial score (nSPS) is 26.7. The van der Waals surface area contributed by atoms with Crippen molar-refractivity contribution in [2.45, 2.75) is 57.0 Å². The Balaban J connectivity index is 1.59. The summed E-state index contributed by atoms with van der Waals surface area (Å²) in [5.41, 5.74) is 3.53. The predicted octanol–water partition coefficient (Wildman–Crippen LogP) is 7.30. The molecular weight excluding hydrogens is 402 g/mol. The highest BCUT2D eigenvalue weighted by molar-refractivity contribution is 5.98. The van der Waals surface area contributed by atoms with E-state index in [4.69, 9.17) is 0 Å². The van der Waals surface area contributed by atoms with Crippen molar-refractivity contribution in [2.24, 2.45) is 11.8 Å². The SMILES string of the molecule is C[C@H]1[C@@H](c2ccccc2)[C@H](C(=O)c2ccccc2)CN(C2CCCCC2)[C@@H]1c1ccccc1. The second kappa shape index (κ2) is 10.1. The molecule has 1 aliphatic carbocycles. The zero-order valence-corrected chi connectivity index (χ0v) is 19.6. The number of benzene rings is 3. The van der Waals surface area contributed by atoms with E-state index in [1.807, 2.05) is 30.3 Å². The molecule has 0 radical (unpaired) electrons. The van der Waals surface area contributed by atoms with Gasteiger partial charge in [0, 0.05) is 30.1 Å². The Morgan fingerprint density at radius 3 is 1.88 bits per heavy atom. The first kappa shape index (κ1) is 22.1. The number of likely N-dealkylation sites (tertiary alicyclic amines) is 1. The molecule has 3 aromatic carbocycles. The molecule has 4 atom stereocenters. The fourth-order valence-corrected chi connectivity index (χ4v) is 6.53. The summed E-state index contributed by atoms with van der Waals surface area (Å²) in [5, 5.41) is 0. The summed E-state index contributed by atoms with van der Waals surface area (Å²) in [4.78, 5) is 16.7. The maximum Gasteiger partial charge on any atom is 0.167 e. The van der Waals surface area contributed by atoms with Crippen LogP contribution in [0.3, 0.4) is 0 Å². The molecule has 2 aliphatic rings. The van der Waals surface area contributed by atoms with Gasteiger partial charge < -0.3 is 0 Å². The molecule has 1 aliphatic heterocycles. The molecule has 0 amide bonds. The minimum absolute atomic E-state index is 0.0355. The standard InChI is InChI=1S/C31H35NO/c1-23-29(24-14-6-2-7-15-24)28(31(33)26-18-10-4-11-19-26)22-32(27-20-12-5-13-21-27)30(23)25-16-8-3-9-17-25/h2-4,6-11,14-19,23,27-30H,5,12-13,20-22H2,1H3/t23-,28+,29-,30-/m0/s1. The summed E-state index contributed by atoms with van der Waals surface area (Å²) in [6, 6.07) is 32.6. The van der Waals surface area contributed by atoms with Gasteiger partial charge in [-0.3, -0.25) is 9.69 Å². The Morgan fingerprint density at radius 1 is 0.727 bits per heavy atom. The molecule has 2 fully saturated rings. The molecule has 0 aromatic heterocycles. The molecular formula is C31H35NO. The van der Waals surface area contributed by atoms with Gasteiger partial charge in [0.2, 0.25) is 0 Å². The molecule has 0 N–H and O–H groups in total. The second-order valence-corrected chi connectivity index (χ2v) is 9.98. The minimum Gasteiger partial charge on any atom is -0.294 e. The van der Waals surface area contributed by atoms with Crippen molar-refractivity contribution in [2.75, 3.05) is 6.54 Å². The molecule has 2 nitrogen and oxygen atoms in total. The Morgan fingerprint density at radius 2 is 1.27 bits per heavy atom. The Hall–Kier alpha value is -2.71. The maximum absolute atomic E-state index is 14.0. The van der Waals surface area contributed by atoms with E-state index < -0.39 is 0 Å². The molecule has 1 heterocycles. The van der Waals surface area contributed by atoms with Gasteiger partial charge in [0.1, 0.15) is 0 Å². The summed E-state index contributed by atoms with van der Waals surface area (Å²) >= 11 is 0. The third-order valence-corrected chi connectivity index (χ3v) is 8.03. The molecule has 2 heteroatoms. The number of nitrogens with zero attached hydrogens (tertiary/aromatic N) is 1. The third kappa shape index (κ3) is 4.54. The van der Waals surface area contributed by atoms with Crippen LogP contribution in [0.2, 0.25) is 0 Å². The summed E-state index contributed by atoms with van der Waals surface area (Å²) < 4.78 is 0. The van der Waals surface area contributed by atoms with E-state index in [1.165, 1.54) is 43.2 Å². The minimum atomic E-state index is -0.0355. The van der Waals surface area contributed by atoms with E-state index in [0.717, 1.165) is 12.1 Å². The van der Waals surface area contributed by atoms with E-state index in [-0.39, 0.29) is 11.8 Å². The highest BCUT2D eigenvalue weighted by Gasteiger charge is 2.47. The summed E-state index contributed by atoms with van der Waals surface area (Å²) in [5.74, 6) is 0.794. The fraction of sp³-hybridized carbons (Fsp3) is 0.387. The lowest BCUT2D eigenvalue weighted by Crippen LogP contribution is -2.53. The summed E-state index contributed by atoms with van der Waals surface area (Å²) in [7, 11) is 0. The fourth-order valence-electron chi connectivity index (χ4n) is 6.53. The van der Waals surface area contributed by atoms with Crippen LogP contribution in [0.5, 0.6) is 0 Å². The van der Waals surface area contributed by atoms with Gasteiger partial charge in [-0.25, -0.2) is 0 Å². The van der Waals surface area contributed by atoms with Crippen molar-refractivity contribution in [3.8, 4) is 0 Å². The van der Waals surface area contributed by atoms with Gasteiger partial charge in [-0.1, -0.05) is 117 Å². The molecule has 0 spiro atoms. The van der Waals surface area contributed by atoms with Gasteiger partial charge in [0.25, 0.3) is 0 Å². The third-order valence-electron chi connectivity index (χ3n) is 8.03. The summed E-state index contributed by atoms with van der Waals surface area (Å²) in [6.07, 6.45) is 6.44. The number of hydrogen-bond donors (Lipinski definition) is 0. The van der Waals surface area contributed by atoms with Gasteiger partial charge >= 0.3 is 0 Å². The molecule has 0 unspecified atom stereocenters. The van der Waals surface area contributed by atoms with Crippen LogP contribution in [0.25, 0.3) is 0 Å². The smallest absolute Gasteiger partial charge is 0.167 e. The molecule has 5 rings (SSSR count). The lowest BCUT2D eigenvalue weighted by atomic mass is 9.66. The van der Waals surface area contributed by atoms with E-state index in [9.17, 15) is 4.79 Å². The second-order valence-electron chi connectivity index (χ2n) is 9.98. The van der Waals surface area contributed by atoms with E-state index in [2.05, 4.69) is 72.5 Å². The first-order valence-corrected chi connectivity index (χ1v) is 12.7. The number of rotatable bonds is 5. The van der Waals surface area contributed by atoms with Crippen LogP contribution in [0.15, 0.2) is 91.0 Å². The lowest BCUT2D eigenvalue weighted by molar-refractivity contribution is 0.000184. The van der Waals surface area contributed by atoms with Crippen LogP contribution in [0.1, 0.15) is 72.5 Å². The van der Waals surface area contributed by atoms with Crippen molar-refractivity contribution < 1.29 is 4.79 Å². The first-order chi connectivity index (χ1) is 16.2. The number of carbonyl (C=O) groups excluding carboxylic acids is 1. The highest BCUT2D eigenvalue weighted by atomic mass is 16.1.